The zero-order valence-corrected chi connectivity index (χ0v) is 45.0. The van der Waals surface area contributed by atoms with Crippen molar-refractivity contribution >= 4 is 41.6 Å². The van der Waals surface area contributed by atoms with Gasteiger partial charge in [0.25, 0.3) is 5.91 Å². The van der Waals surface area contributed by atoms with Crippen LogP contribution >= 0.6 is 0 Å². The summed E-state index contributed by atoms with van der Waals surface area (Å²) in [6, 6.07) is 15.0. The van der Waals surface area contributed by atoms with Gasteiger partial charge in [0.15, 0.2) is 0 Å². The average molecular weight is 1040 g/mol. The van der Waals surface area contributed by atoms with Gasteiger partial charge in [-0.25, -0.2) is 21.3 Å². The number of Topliss-reactive ketones (excluding diaryl/α,β-unsaturated/α-hetero) is 1. The third-order valence-corrected chi connectivity index (χ3v) is 12.3. The van der Waals surface area contributed by atoms with Crippen molar-refractivity contribution in [1.82, 2.24) is 57.1 Å². The van der Waals surface area contributed by atoms with Gasteiger partial charge < -0.3 is 10.5 Å². The fourth-order valence-corrected chi connectivity index (χ4v) is 8.01. The Hall–Kier alpha value is -6.55. The van der Waals surface area contributed by atoms with Crippen LogP contribution in [0.1, 0.15) is 93.9 Å². The van der Waals surface area contributed by atoms with Crippen molar-refractivity contribution in [3.8, 4) is 23.7 Å². The van der Waals surface area contributed by atoms with E-state index in [1.165, 1.54) is 15.1 Å². The fraction of sp³-hybridized carbons (Fsp3) is 0.518. The number of aldehydes is 1. The average Bonchev–Trinajstić information content (AvgIpc) is 3.38. The first-order valence-electron chi connectivity index (χ1n) is 25.9. The summed E-state index contributed by atoms with van der Waals surface area (Å²) in [6.45, 7) is 19.9. The van der Waals surface area contributed by atoms with Crippen molar-refractivity contribution in [2.75, 3.05) is 72.5 Å². The third kappa shape index (κ3) is 26.0. The van der Waals surface area contributed by atoms with Crippen molar-refractivity contribution in [1.29, 1.82) is 0 Å². The fourth-order valence-electron chi connectivity index (χ4n) is 8.01. The summed E-state index contributed by atoms with van der Waals surface area (Å²) in [6.07, 6.45) is 9.26. The van der Waals surface area contributed by atoms with Crippen molar-refractivity contribution in [3.05, 3.63) is 96.1 Å². The van der Waals surface area contributed by atoms with Gasteiger partial charge in [0.05, 0.1) is 58.4 Å². The Labute approximate surface area is 445 Å². The number of hydrazine groups is 5. The first-order valence-corrected chi connectivity index (χ1v) is 25.9. The molecule has 4 rings (SSSR count). The Bertz CT molecular complexity index is 2290. The Morgan fingerprint density at radius 2 is 1.16 bits per heavy atom. The lowest BCUT2D eigenvalue weighted by atomic mass is 9.92. The molecule has 0 bridgehead atoms. The number of primary amides is 1. The molecule has 0 aliphatic carbocycles. The van der Waals surface area contributed by atoms with E-state index in [1.807, 2.05) is 75.4 Å². The monoisotopic (exact) mass is 1030 g/mol. The van der Waals surface area contributed by atoms with Crippen LogP contribution in [-0.2, 0) is 46.7 Å². The number of nitrogens with zero attached hydrogens (tertiary/aromatic N) is 6. The van der Waals surface area contributed by atoms with Crippen molar-refractivity contribution in [2.24, 2.45) is 17.6 Å². The van der Waals surface area contributed by atoms with E-state index in [2.05, 4.69) is 73.8 Å². The van der Waals surface area contributed by atoms with E-state index in [1.54, 1.807) is 25.1 Å². The molecule has 2 aromatic carbocycles. The highest BCUT2D eigenvalue weighted by Crippen LogP contribution is 2.20. The predicted octanol–water partition coefficient (Wildman–Crippen LogP) is 2.87. The highest BCUT2D eigenvalue weighted by molar-refractivity contribution is 5.87. The summed E-state index contributed by atoms with van der Waals surface area (Å²) < 4.78 is 0. The number of rotatable bonds is 14. The molecular weight excluding hydrogens is 953 g/mol. The number of aryl methyl sites for hydroxylation is 2. The van der Waals surface area contributed by atoms with E-state index < -0.39 is 23.8 Å². The molecule has 0 radical (unpaired) electrons. The molecule has 7 N–H and O–H groups in total. The Morgan fingerprint density at radius 3 is 1.63 bits per heavy atom. The molecule has 75 heavy (non-hydrogen) atoms. The molecule has 19 nitrogen and oxygen atoms in total. The molecule has 408 valence electrons. The van der Waals surface area contributed by atoms with Gasteiger partial charge in [-0.3, -0.25) is 59.4 Å². The summed E-state index contributed by atoms with van der Waals surface area (Å²) in [5.74, 6) is 9.72. The third-order valence-electron chi connectivity index (χ3n) is 12.3. The molecule has 0 saturated carbocycles. The lowest BCUT2D eigenvalue weighted by molar-refractivity contribution is -0.140. The van der Waals surface area contributed by atoms with Crippen LogP contribution in [0.25, 0.3) is 0 Å². The Balaban J connectivity index is 0.000000397. The minimum absolute atomic E-state index is 0.0673. The van der Waals surface area contributed by atoms with Crippen LogP contribution in [0.15, 0.2) is 73.8 Å². The largest absolute Gasteiger partial charge is 0.369 e. The summed E-state index contributed by atoms with van der Waals surface area (Å²) in [7, 11) is 1.75. The molecule has 2 heterocycles. The molecular formula is C56H82N12O7. The van der Waals surface area contributed by atoms with E-state index >= 15 is 0 Å². The molecule has 19 heteroatoms. The molecule has 0 aromatic heterocycles. The van der Waals surface area contributed by atoms with Crippen LogP contribution in [0.4, 0.5) is 0 Å². The van der Waals surface area contributed by atoms with Crippen molar-refractivity contribution in [3.63, 3.8) is 0 Å². The number of ketones is 1. The number of hydrogen-bond acceptors (Lipinski definition) is 14. The minimum atomic E-state index is -0.621. The van der Waals surface area contributed by atoms with Gasteiger partial charge in [-0.1, -0.05) is 115 Å². The Kier molecular flexibility index (Phi) is 29.8. The number of benzene rings is 2. The predicted molar refractivity (Wildman–Crippen MR) is 291 cm³/mol. The second-order valence-electron chi connectivity index (χ2n) is 18.9. The van der Waals surface area contributed by atoms with Gasteiger partial charge in [0.2, 0.25) is 23.6 Å². The topological polar surface area (TPSA) is 225 Å². The maximum Gasteiger partial charge on any atom is 0.251 e. The molecule has 0 spiro atoms. The summed E-state index contributed by atoms with van der Waals surface area (Å²) in [5, 5.41) is 5.79. The number of nitrogens with one attached hydrogen (secondary N) is 5. The van der Waals surface area contributed by atoms with Gasteiger partial charge in [-0.05, 0) is 70.7 Å². The van der Waals surface area contributed by atoms with Crippen LogP contribution in [0, 0.1) is 49.4 Å². The highest BCUT2D eigenvalue weighted by Gasteiger charge is 2.26. The van der Waals surface area contributed by atoms with Crippen molar-refractivity contribution in [2.45, 2.75) is 105 Å². The molecule has 2 aliphatic heterocycles. The molecule has 5 amide bonds. The van der Waals surface area contributed by atoms with Gasteiger partial charge in [-0.15, -0.1) is 18.3 Å². The Morgan fingerprint density at radius 1 is 0.707 bits per heavy atom. The van der Waals surface area contributed by atoms with E-state index in [4.69, 9.17) is 5.73 Å². The lowest BCUT2D eigenvalue weighted by Crippen LogP contribution is -2.57. The lowest BCUT2D eigenvalue weighted by Gasteiger charge is -2.27. The molecule has 0 fully saturated rings. The van der Waals surface area contributed by atoms with Gasteiger partial charge >= 0.3 is 0 Å². The number of hydrogen-bond donors (Lipinski definition) is 6. The normalized spacial score (nSPS) is 20.0. The van der Waals surface area contributed by atoms with E-state index in [9.17, 15) is 33.6 Å². The first-order chi connectivity index (χ1) is 36.0. The minimum Gasteiger partial charge on any atom is -0.369 e. The SMILES string of the molecule is C=CCN1CC#CCN(C)NC(=O)CNN(Cc2ccc(C)cc2)C(=O)C[C@H](C(=O)CC)CCCC1.C=CCN1CC#CCN(N[C@@H](C)C=O)NC(=O)CNN(Cc2ccc(C)cc2)C(=O)C[C@H](C(N)=O)CCCC1. The number of amides is 5. The summed E-state index contributed by atoms with van der Waals surface area (Å²) in [4.78, 5) is 92.3. The standard InChI is InChI=1S/C28H41N7O4.C28H41N5O3/c1-4-14-33-15-6-5-9-25(28(29)39)18-27(38)34(20-24-12-10-22(2)11-13-24)30-19-26(37)32-35(17-8-7-16-33)31-23(3)21-36;1-5-16-32-18-8-7-11-25(26(34)6-2)20-28(36)33(22-24-14-12-23(3)13-15-24)29-21-27(35)30-31(4)17-9-10-19-32/h4,10-13,21,23,25,30-31H,1,5-6,9,14-20H2,2-3H3,(H2,29,39)(H,32,37);5,12-15,25,29H,1,6-8,11,16-22H2,2-4H3,(H,30,35)/t23-,25+;25-/m01/s1. The summed E-state index contributed by atoms with van der Waals surface area (Å²) in [5.41, 5.74) is 23.9. The highest BCUT2D eigenvalue weighted by atomic mass is 16.2. The van der Waals surface area contributed by atoms with Crippen LogP contribution in [-0.4, -0.2) is 150 Å². The van der Waals surface area contributed by atoms with Crippen LogP contribution in [0.2, 0.25) is 0 Å². The molecule has 2 aromatic rings. The van der Waals surface area contributed by atoms with Crippen molar-refractivity contribution < 1.29 is 33.6 Å². The van der Waals surface area contributed by atoms with E-state index in [-0.39, 0.29) is 68.4 Å². The zero-order valence-electron chi connectivity index (χ0n) is 45.0. The van der Waals surface area contributed by atoms with E-state index in [0.717, 1.165) is 67.6 Å². The summed E-state index contributed by atoms with van der Waals surface area (Å²) >= 11 is 0. The quantitative estimate of drug-likeness (QED) is 0.0910. The van der Waals surface area contributed by atoms with E-state index in [0.29, 0.717) is 58.3 Å². The molecule has 3 atom stereocenters. The number of carbonyl (C=O) groups is 7. The number of nitrogens with two attached hydrogens (primary N) is 1. The van der Waals surface area contributed by atoms with Gasteiger partial charge in [0, 0.05) is 51.2 Å². The molecule has 0 unspecified atom stereocenters. The second-order valence-corrected chi connectivity index (χ2v) is 18.9. The molecule has 0 saturated heterocycles. The van der Waals surface area contributed by atoms with Crippen LogP contribution in [0.5, 0.6) is 0 Å². The zero-order chi connectivity index (χ0) is 55.0. The smallest absolute Gasteiger partial charge is 0.251 e. The second kappa shape index (κ2) is 35.6. The first kappa shape index (κ1) is 62.7. The van der Waals surface area contributed by atoms with Gasteiger partial charge in [-0.2, -0.15) is 0 Å². The maximum atomic E-state index is 13.3. The number of carbonyl (C=O) groups excluding carboxylic acids is 7. The van der Waals surface area contributed by atoms with Gasteiger partial charge in [0.1, 0.15) is 12.1 Å². The van der Waals surface area contributed by atoms with Crippen LogP contribution < -0.4 is 32.9 Å². The maximum absolute atomic E-state index is 13.3. The molecule has 2 aliphatic rings. The van der Waals surface area contributed by atoms with Crippen LogP contribution in [0.3, 0.4) is 0 Å².